The average Bonchev–Trinajstić information content (AvgIpc) is 2.75. The molecule has 0 saturated heterocycles. The molecule has 5 heteroatoms. The lowest BCUT2D eigenvalue weighted by molar-refractivity contribution is 0.103. The number of ketones is 1. The van der Waals surface area contributed by atoms with Gasteiger partial charge in [0.15, 0.2) is 0 Å². The number of methoxy groups -OCH3 is 2. The minimum absolute atomic E-state index is 0.114. The van der Waals surface area contributed by atoms with Crippen molar-refractivity contribution in [2.45, 2.75) is 13.8 Å². The lowest BCUT2D eigenvalue weighted by Gasteiger charge is -2.11. The standard InChI is InChI=1S/C14H15NO3S/c1-8-14(19-9(2)15-8)13(16)12-10(17-3)6-5-7-11(12)18-4/h5-7H,1-4H3. The Balaban J connectivity index is 2.58. The van der Waals surface area contributed by atoms with Gasteiger partial charge in [-0.2, -0.15) is 0 Å². The number of carbonyl (C=O) groups excluding carboxylic acids is 1. The lowest BCUT2D eigenvalue weighted by Crippen LogP contribution is -2.06. The summed E-state index contributed by atoms with van der Waals surface area (Å²) in [6, 6.07) is 5.29. The van der Waals surface area contributed by atoms with Crippen molar-refractivity contribution in [3.05, 3.63) is 39.3 Å². The second kappa shape index (κ2) is 5.40. The van der Waals surface area contributed by atoms with Gasteiger partial charge in [-0.1, -0.05) is 6.07 Å². The highest BCUT2D eigenvalue weighted by atomic mass is 32.1. The first kappa shape index (κ1) is 13.5. The molecule has 0 amide bonds. The van der Waals surface area contributed by atoms with Crippen LogP contribution >= 0.6 is 11.3 Å². The first-order valence-corrected chi connectivity index (χ1v) is 6.59. The molecule has 4 nitrogen and oxygen atoms in total. The summed E-state index contributed by atoms with van der Waals surface area (Å²) >= 11 is 1.38. The highest BCUT2D eigenvalue weighted by Crippen LogP contribution is 2.32. The summed E-state index contributed by atoms with van der Waals surface area (Å²) < 4.78 is 10.5. The summed E-state index contributed by atoms with van der Waals surface area (Å²) in [4.78, 5) is 17.6. The molecule has 0 radical (unpaired) electrons. The molecule has 1 heterocycles. The first-order valence-electron chi connectivity index (χ1n) is 5.78. The van der Waals surface area contributed by atoms with Crippen LogP contribution in [-0.2, 0) is 0 Å². The minimum Gasteiger partial charge on any atom is -0.496 e. The van der Waals surface area contributed by atoms with Gasteiger partial charge in [0.2, 0.25) is 5.78 Å². The van der Waals surface area contributed by atoms with E-state index >= 15 is 0 Å². The van der Waals surface area contributed by atoms with Crippen LogP contribution in [0.1, 0.15) is 25.9 Å². The molecule has 0 saturated carbocycles. The summed E-state index contributed by atoms with van der Waals surface area (Å²) in [5, 5.41) is 0.870. The Morgan fingerprint density at radius 2 is 1.74 bits per heavy atom. The van der Waals surface area contributed by atoms with Crippen molar-refractivity contribution < 1.29 is 14.3 Å². The third-order valence-corrected chi connectivity index (χ3v) is 3.84. The highest BCUT2D eigenvalue weighted by Gasteiger charge is 2.23. The summed E-state index contributed by atoms with van der Waals surface area (Å²) in [5.41, 5.74) is 1.18. The molecule has 0 bridgehead atoms. The van der Waals surface area contributed by atoms with Gasteiger partial charge < -0.3 is 9.47 Å². The Kier molecular flexibility index (Phi) is 3.85. The van der Waals surface area contributed by atoms with Gasteiger partial charge in [-0.15, -0.1) is 11.3 Å². The summed E-state index contributed by atoms with van der Waals surface area (Å²) in [6.45, 7) is 3.71. The van der Waals surface area contributed by atoms with E-state index in [1.54, 1.807) is 18.2 Å². The van der Waals surface area contributed by atoms with Crippen LogP contribution < -0.4 is 9.47 Å². The van der Waals surface area contributed by atoms with Crippen molar-refractivity contribution in [2.75, 3.05) is 14.2 Å². The predicted molar refractivity (Wildman–Crippen MR) is 74.6 cm³/mol. The fourth-order valence-electron chi connectivity index (χ4n) is 1.93. The molecule has 1 aromatic carbocycles. The minimum atomic E-state index is -0.114. The third kappa shape index (κ3) is 2.46. The van der Waals surface area contributed by atoms with Gasteiger partial charge in [0.25, 0.3) is 0 Å². The summed E-state index contributed by atoms with van der Waals surface area (Å²) in [7, 11) is 3.08. The highest BCUT2D eigenvalue weighted by molar-refractivity contribution is 7.14. The monoisotopic (exact) mass is 277 g/mol. The second-order valence-corrected chi connectivity index (χ2v) is 5.22. The molecule has 0 aliphatic carbocycles. The number of ether oxygens (including phenoxy) is 2. The van der Waals surface area contributed by atoms with E-state index < -0.39 is 0 Å². The van der Waals surface area contributed by atoms with Crippen LogP contribution in [0.25, 0.3) is 0 Å². The molecule has 0 spiro atoms. The smallest absolute Gasteiger partial charge is 0.212 e. The van der Waals surface area contributed by atoms with Gasteiger partial charge in [0.1, 0.15) is 17.1 Å². The molecule has 0 atom stereocenters. The molecular weight excluding hydrogens is 262 g/mol. The molecule has 0 N–H and O–H groups in total. The number of carbonyl (C=O) groups is 1. The van der Waals surface area contributed by atoms with Gasteiger partial charge in [0.05, 0.1) is 29.8 Å². The molecular formula is C14H15NO3S. The van der Waals surface area contributed by atoms with E-state index in [1.807, 2.05) is 13.8 Å². The summed E-state index contributed by atoms with van der Waals surface area (Å²) in [5.74, 6) is 0.905. The number of rotatable bonds is 4. The van der Waals surface area contributed by atoms with Crippen molar-refractivity contribution in [2.24, 2.45) is 0 Å². The molecule has 0 fully saturated rings. The molecule has 100 valence electrons. The van der Waals surface area contributed by atoms with Gasteiger partial charge in [-0.25, -0.2) is 4.98 Å². The SMILES string of the molecule is COc1cccc(OC)c1C(=O)c1sc(C)nc1C. The second-order valence-electron chi connectivity index (χ2n) is 4.01. The third-order valence-electron chi connectivity index (χ3n) is 2.76. The van der Waals surface area contributed by atoms with Crippen LogP contribution in [0.2, 0.25) is 0 Å². The molecule has 19 heavy (non-hydrogen) atoms. The Morgan fingerprint density at radius 3 is 2.16 bits per heavy atom. The van der Waals surface area contributed by atoms with Crippen molar-refractivity contribution in [1.82, 2.24) is 4.98 Å². The molecule has 2 aromatic rings. The topological polar surface area (TPSA) is 48.4 Å². The average molecular weight is 277 g/mol. The number of thiazole rings is 1. The van der Waals surface area contributed by atoms with Gasteiger partial charge >= 0.3 is 0 Å². The van der Waals surface area contributed by atoms with Crippen LogP contribution in [0, 0.1) is 13.8 Å². The van der Waals surface area contributed by atoms with Gasteiger partial charge in [-0.3, -0.25) is 4.79 Å². The Hall–Kier alpha value is -1.88. The number of aromatic nitrogens is 1. The van der Waals surface area contributed by atoms with Crippen LogP contribution in [0.4, 0.5) is 0 Å². The maximum Gasteiger partial charge on any atom is 0.212 e. The Morgan fingerprint density at radius 1 is 1.16 bits per heavy atom. The van der Waals surface area contributed by atoms with E-state index in [0.29, 0.717) is 21.9 Å². The number of hydrogen-bond donors (Lipinski definition) is 0. The zero-order valence-electron chi connectivity index (χ0n) is 11.3. The predicted octanol–water partition coefficient (Wildman–Crippen LogP) is 3.01. The lowest BCUT2D eigenvalue weighted by atomic mass is 10.1. The van der Waals surface area contributed by atoms with Crippen molar-refractivity contribution in [3.8, 4) is 11.5 Å². The number of nitrogens with zero attached hydrogens (tertiary/aromatic N) is 1. The Labute approximate surface area is 116 Å². The fourth-order valence-corrected chi connectivity index (χ4v) is 2.80. The maximum absolute atomic E-state index is 12.7. The quantitative estimate of drug-likeness (QED) is 0.806. The molecule has 0 unspecified atom stereocenters. The molecule has 0 aliphatic rings. The van der Waals surface area contributed by atoms with E-state index in [2.05, 4.69) is 4.98 Å². The zero-order valence-corrected chi connectivity index (χ0v) is 12.1. The van der Waals surface area contributed by atoms with Crippen LogP contribution in [-0.4, -0.2) is 25.0 Å². The molecule has 1 aromatic heterocycles. The molecule has 0 aliphatic heterocycles. The van der Waals surface area contributed by atoms with E-state index in [1.165, 1.54) is 25.6 Å². The van der Waals surface area contributed by atoms with Gasteiger partial charge in [0, 0.05) is 0 Å². The number of benzene rings is 1. The van der Waals surface area contributed by atoms with Gasteiger partial charge in [-0.05, 0) is 26.0 Å². The van der Waals surface area contributed by atoms with E-state index in [4.69, 9.17) is 9.47 Å². The van der Waals surface area contributed by atoms with Crippen molar-refractivity contribution in [3.63, 3.8) is 0 Å². The summed E-state index contributed by atoms with van der Waals surface area (Å²) in [6.07, 6.45) is 0. The first-order chi connectivity index (χ1) is 9.08. The molecule has 2 rings (SSSR count). The number of hydrogen-bond acceptors (Lipinski definition) is 5. The number of aryl methyl sites for hydroxylation is 2. The Bertz CT molecular complexity index is 597. The van der Waals surface area contributed by atoms with Crippen molar-refractivity contribution in [1.29, 1.82) is 0 Å². The van der Waals surface area contributed by atoms with Crippen molar-refractivity contribution >= 4 is 17.1 Å². The van der Waals surface area contributed by atoms with Crippen LogP contribution in [0.3, 0.4) is 0 Å². The van der Waals surface area contributed by atoms with Crippen LogP contribution in [0.15, 0.2) is 18.2 Å². The van der Waals surface area contributed by atoms with E-state index in [0.717, 1.165) is 10.7 Å². The van der Waals surface area contributed by atoms with E-state index in [-0.39, 0.29) is 5.78 Å². The zero-order chi connectivity index (χ0) is 14.0. The fraction of sp³-hybridized carbons (Fsp3) is 0.286. The maximum atomic E-state index is 12.7. The largest absolute Gasteiger partial charge is 0.496 e. The van der Waals surface area contributed by atoms with Crippen LogP contribution in [0.5, 0.6) is 11.5 Å². The normalized spacial score (nSPS) is 10.3. The van der Waals surface area contributed by atoms with E-state index in [9.17, 15) is 4.79 Å².